The van der Waals surface area contributed by atoms with Crippen LogP contribution in [0, 0.1) is 0 Å². The second kappa shape index (κ2) is 5.23. The van der Waals surface area contributed by atoms with Crippen molar-refractivity contribution in [3.63, 3.8) is 0 Å². The molecule has 0 bridgehead atoms. The molecule has 0 radical (unpaired) electrons. The summed E-state index contributed by atoms with van der Waals surface area (Å²) in [4.78, 5) is 15.1. The molecule has 15 heavy (non-hydrogen) atoms. The van der Waals surface area contributed by atoms with Crippen molar-refractivity contribution in [1.29, 1.82) is 0 Å². The molecule has 0 saturated heterocycles. The molecule has 0 aliphatic rings. The Morgan fingerprint density at radius 2 is 2.47 bits per heavy atom. The third-order valence-electron chi connectivity index (χ3n) is 2.01. The van der Waals surface area contributed by atoms with Gasteiger partial charge in [-0.2, -0.15) is 0 Å². The molecular formula is C10H15NO3S. The predicted molar refractivity (Wildman–Crippen MR) is 57.6 cm³/mol. The van der Waals surface area contributed by atoms with Crippen molar-refractivity contribution in [1.82, 2.24) is 4.98 Å². The van der Waals surface area contributed by atoms with Gasteiger partial charge in [-0.05, 0) is 20.3 Å². The lowest BCUT2D eigenvalue weighted by Gasteiger charge is -2.19. The molecule has 5 heteroatoms. The fourth-order valence-electron chi connectivity index (χ4n) is 1.17. The Labute approximate surface area is 92.9 Å². The Morgan fingerprint density at radius 1 is 1.73 bits per heavy atom. The molecule has 0 fully saturated rings. The van der Waals surface area contributed by atoms with Crippen molar-refractivity contribution < 1.29 is 14.6 Å². The van der Waals surface area contributed by atoms with Crippen LogP contribution in [0.15, 0.2) is 11.6 Å². The third kappa shape index (κ3) is 3.60. The van der Waals surface area contributed by atoms with Crippen LogP contribution in [0.1, 0.15) is 31.7 Å². The van der Waals surface area contributed by atoms with Crippen LogP contribution in [-0.2, 0) is 15.1 Å². The van der Waals surface area contributed by atoms with Crippen molar-refractivity contribution in [3.05, 3.63) is 16.6 Å². The molecule has 1 heterocycles. The first-order chi connectivity index (χ1) is 7.06. The number of carbonyl (C=O) groups is 1. The first-order valence-electron chi connectivity index (χ1n) is 4.84. The summed E-state index contributed by atoms with van der Waals surface area (Å²) in [6.45, 7) is 3.79. The van der Waals surface area contributed by atoms with E-state index in [1.54, 1.807) is 25.4 Å². The van der Waals surface area contributed by atoms with Crippen LogP contribution in [0.3, 0.4) is 0 Å². The summed E-state index contributed by atoms with van der Waals surface area (Å²) in [5, 5.41) is 12.5. The fourth-order valence-corrected chi connectivity index (χ4v) is 1.90. The standard InChI is InChI=1S/C10H15NO3S/c1-3-14-8(12)4-5-10(2,13)9-11-6-7-15-9/h6-7,13H,3-5H2,1-2H3. The number of aromatic nitrogens is 1. The van der Waals surface area contributed by atoms with Crippen LogP contribution in [0.2, 0.25) is 0 Å². The van der Waals surface area contributed by atoms with Crippen LogP contribution in [0.5, 0.6) is 0 Å². The van der Waals surface area contributed by atoms with Crippen molar-refractivity contribution in [2.75, 3.05) is 6.61 Å². The number of rotatable bonds is 5. The third-order valence-corrected chi connectivity index (χ3v) is 3.04. The van der Waals surface area contributed by atoms with E-state index in [4.69, 9.17) is 4.74 Å². The molecule has 1 aromatic heterocycles. The highest BCUT2D eigenvalue weighted by Crippen LogP contribution is 2.27. The van der Waals surface area contributed by atoms with Gasteiger partial charge in [-0.25, -0.2) is 4.98 Å². The van der Waals surface area contributed by atoms with Gasteiger partial charge in [0.2, 0.25) is 0 Å². The van der Waals surface area contributed by atoms with E-state index < -0.39 is 5.60 Å². The maximum atomic E-state index is 11.1. The van der Waals surface area contributed by atoms with Gasteiger partial charge >= 0.3 is 5.97 Å². The first kappa shape index (κ1) is 12.1. The van der Waals surface area contributed by atoms with E-state index in [0.717, 1.165) is 0 Å². The molecule has 1 unspecified atom stereocenters. The summed E-state index contributed by atoms with van der Waals surface area (Å²) in [7, 11) is 0. The summed E-state index contributed by atoms with van der Waals surface area (Å²) in [6, 6.07) is 0. The Morgan fingerprint density at radius 3 is 3.00 bits per heavy atom. The molecule has 0 saturated carbocycles. The number of ether oxygens (including phenoxy) is 1. The van der Waals surface area contributed by atoms with E-state index in [1.165, 1.54) is 11.3 Å². The minimum absolute atomic E-state index is 0.209. The summed E-state index contributed by atoms with van der Waals surface area (Å²) in [5.74, 6) is -0.283. The number of thiazole rings is 1. The minimum atomic E-state index is -1.04. The van der Waals surface area contributed by atoms with Gasteiger partial charge in [0, 0.05) is 18.0 Å². The fraction of sp³-hybridized carbons (Fsp3) is 0.600. The average molecular weight is 229 g/mol. The van der Waals surface area contributed by atoms with Crippen LogP contribution in [0.25, 0.3) is 0 Å². The van der Waals surface area contributed by atoms with Crippen LogP contribution in [0.4, 0.5) is 0 Å². The van der Waals surface area contributed by atoms with Gasteiger partial charge in [-0.3, -0.25) is 4.79 Å². The molecule has 1 rings (SSSR count). The lowest BCUT2D eigenvalue weighted by atomic mass is 10.0. The van der Waals surface area contributed by atoms with E-state index in [0.29, 0.717) is 18.0 Å². The van der Waals surface area contributed by atoms with Gasteiger partial charge in [0.15, 0.2) is 0 Å². The van der Waals surface area contributed by atoms with Gasteiger partial charge in [0.25, 0.3) is 0 Å². The SMILES string of the molecule is CCOC(=O)CCC(C)(O)c1nccs1. The topological polar surface area (TPSA) is 59.4 Å². The van der Waals surface area contributed by atoms with Crippen molar-refractivity contribution in [2.45, 2.75) is 32.3 Å². The van der Waals surface area contributed by atoms with Gasteiger partial charge in [-0.1, -0.05) is 0 Å². The molecular weight excluding hydrogens is 214 g/mol. The van der Waals surface area contributed by atoms with Crippen LogP contribution >= 0.6 is 11.3 Å². The van der Waals surface area contributed by atoms with E-state index in [-0.39, 0.29) is 12.4 Å². The average Bonchev–Trinajstić information content (AvgIpc) is 2.69. The van der Waals surface area contributed by atoms with Crippen molar-refractivity contribution in [2.24, 2.45) is 0 Å². The summed E-state index contributed by atoms with van der Waals surface area (Å²) in [5.41, 5.74) is -1.04. The Balaban J connectivity index is 2.47. The smallest absolute Gasteiger partial charge is 0.305 e. The lowest BCUT2D eigenvalue weighted by molar-refractivity contribution is -0.144. The van der Waals surface area contributed by atoms with E-state index >= 15 is 0 Å². The van der Waals surface area contributed by atoms with Crippen molar-refractivity contribution >= 4 is 17.3 Å². The molecule has 0 aliphatic carbocycles. The zero-order valence-electron chi connectivity index (χ0n) is 8.90. The lowest BCUT2D eigenvalue weighted by Crippen LogP contribution is -2.22. The largest absolute Gasteiger partial charge is 0.466 e. The molecule has 84 valence electrons. The highest BCUT2D eigenvalue weighted by molar-refractivity contribution is 7.09. The first-order valence-corrected chi connectivity index (χ1v) is 5.72. The maximum Gasteiger partial charge on any atom is 0.305 e. The second-order valence-corrected chi connectivity index (χ2v) is 4.31. The van der Waals surface area contributed by atoms with Gasteiger partial charge < -0.3 is 9.84 Å². The molecule has 0 spiro atoms. The quantitative estimate of drug-likeness (QED) is 0.781. The van der Waals surface area contributed by atoms with Crippen LogP contribution in [-0.4, -0.2) is 22.7 Å². The number of hydrogen-bond acceptors (Lipinski definition) is 5. The summed E-state index contributed by atoms with van der Waals surface area (Å²) >= 11 is 1.38. The summed E-state index contributed by atoms with van der Waals surface area (Å²) < 4.78 is 4.79. The van der Waals surface area contributed by atoms with E-state index in [1.807, 2.05) is 0 Å². The van der Waals surface area contributed by atoms with Gasteiger partial charge in [0.1, 0.15) is 10.6 Å². The minimum Gasteiger partial charge on any atom is -0.466 e. The highest BCUT2D eigenvalue weighted by Gasteiger charge is 2.26. The normalized spacial score (nSPS) is 14.6. The van der Waals surface area contributed by atoms with Crippen molar-refractivity contribution in [3.8, 4) is 0 Å². The molecule has 1 atom stereocenters. The molecule has 4 nitrogen and oxygen atoms in total. The predicted octanol–water partition coefficient (Wildman–Crippen LogP) is 1.69. The molecule has 1 aromatic rings. The monoisotopic (exact) mass is 229 g/mol. The highest BCUT2D eigenvalue weighted by atomic mass is 32.1. The zero-order valence-corrected chi connectivity index (χ0v) is 9.71. The summed E-state index contributed by atoms with van der Waals surface area (Å²) in [6.07, 6.45) is 2.18. The van der Waals surface area contributed by atoms with E-state index in [9.17, 15) is 9.90 Å². The number of carbonyl (C=O) groups excluding carboxylic acids is 1. The zero-order chi connectivity index (χ0) is 11.3. The number of aliphatic hydroxyl groups is 1. The van der Waals surface area contributed by atoms with Gasteiger partial charge in [-0.15, -0.1) is 11.3 Å². The van der Waals surface area contributed by atoms with E-state index in [2.05, 4.69) is 4.98 Å². The molecule has 1 N–H and O–H groups in total. The Bertz CT molecular complexity index is 308. The maximum absolute atomic E-state index is 11.1. The number of esters is 1. The Kier molecular flexibility index (Phi) is 4.23. The Hall–Kier alpha value is -0.940. The second-order valence-electron chi connectivity index (χ2n) is 3.42. The molecule has 0 amide bonds. The molecule has 0 aromatic carbocycles. The number of hydrogen-bond donors (Lipinski definition) is 1. The van der Waals surface area contributed by atoms with Gasteiger partial charge in [0.05, 0.1) is 6.61 Å². The molecule has 0 aliphatic heterocycles. The number of nitrogens with zero attached hydrogens (tertiary/aromatic N) is 1. The van der Waals surface area contributed by atoms with Crippen LogP contribution < -0.4 is 0 Å².